The Morgan fingerprint density at radius 2 is 1.71 bits per heavy atom. The molecule has 31 heavy (non-hydrogen) atoms. The van der Waals surface area contributed by atoms with E-state index in [1.165, 1.54) is 43.5 Å². The lowest BCUT2D eigenvalue weighted by Gasteiger charge is -2.20. The van der Waals surface area contributed by atoms with Crippen LogP contribution in [0.25, 0.3) is 0 Å². The zero-order valence-corrected chi connectivity index (χ0v) is 16.8. The quantitative estimate of drug-likeness (QED) is 0.713. The molecule has 10 heteroatoms. The zero-order chi connectivity index (χ0) is 22.1. The highest BCUT2D eigenvalue weighted by atomic mass is 19.4. The van der Waals surface area contributed by atoms with Gasteiger partial charge >= 0.3 is 11.8 Å². The molecule has 4 rings (SSSR count). The van der Waals surface area contributed by atoms with Crippen LogP contribution in [0.1, 0.15) is 55.0 Å². The van der Waals surface area contributed by atoms with E-state index in [0.29, 0.717) is 17.2 Å². The number of carbonyl (C=O) groups is 1. The van der Waals surface area contributed by atoms with E-state index in [4.69, 9.17) is 5.73 Å². The molecule has 1 fully saturated rings. The van der Waals surface area contributed by atoms with Crippen molar-refractivity contribution in [3.8, 4) is 0 Å². The molecule has 1 aromatic carbocycles. The Morgan fingerprint density at radius 3 is 2.26 bits per heavy atom. The number of halogens is 3. The summed E-state index contributed by atoms with van der Waals surface area (Å²) in [6.07, 6.45) is 4.54. The van der Waals surface area contributed by atoms with Gasteiger partial charge in [0.15, 0.2) is 0 Å². The second kappa shape index (κ2) is 8.33. The van der Waals surface area contributed by atoms with Crippen LogP contribution in [0.4, 0.5) is 18.9 Å². The smallest absolute Gasteiger partial charge is 0.322 e. The normalized spacial score (nSPS) is 19.1. The van der Waals surface area contributed by atoms with Gasteiger partial charge in [-0.15, -0.1) is 10.2 Å². The number of rotatable bonds is 6. The van der Waals surface area contributed by atoms with E-state index < -0.39 is 23.8 Å². The molecule has 2 aromatic rings. The third-order valence-corrected chi connectivity index (χ3v) is 5.75. The molecular formula is C21H23F3N6O. The van der Waals surface area contributed by atoms with E-state index in [9.17, 15) is 18.0 Å². The summed E-state index contributed by atoms with van der Waals surface area (Å²) < 4.78 is 39.2. The number of anilines is 1. The Kier molecular flexibility index (Phi) is 5.74. The van der Waals surface area contributed by atoms with Gasteiger partial charge in [0.1, 0.15) is 5.82 Å². The minimum absolute atomic E-state index is 0.0584. The van der Waals surface area contributed by atoms with E-state index in [1.54, 1.807) is 12.4 Å². The van der Waals surface area contributed by atoms with Crippen LogP contribution < -0.4 is 11.1 Å². The summed E-state index contributed by atoms with van der Waals surface area (Å²) in [6, 6.07) is 4.75. The molecule has 0 radical (unpaired) electrons. The molecule has 2 aliphatic rings. The summed E-state index contributed by atoms with van der Waals surface area (Å²) in [5.41, 5.74) is 4.56. The first kappa shape index (κ1) is 21.4. The molecule has 1 saturated carbocycles. The summed E-state index contributed by atoms with van der Waals surface area (Å²) in [5.74, 6) is 0.751. The van der Waals surface area contributed by atoms with Crippen LogP contribution in [-0.4, -0.2) is 28.1 Å². The van der Waals surface area contributed by atoms with E-state index in [0.717, 1.165) is 18.7 Å². The van der Waals surface area contributed by atoms with E-state index >= 15 is 0 Å². The Hall–Kier alpha value is -2.88. The molecule has 1 aromatic heterocycles. The van der Waals surface area contributed by atoms with Crippen LogP contribution in [0, 0.1) is 0 Å². The molecule has 7 nitrogen and oxygen atoms in total. The van der Waals surface area contributed by atoms with Gasteiger partial charge in [-0.1, -0.05) is 43.5 Å². The Balaban J connectivity index is 1.32. The monoisotopic (exact) mass is 432 g/mol. The van der Waals surface area contributed by atoms with Gasteiger partial charge in [0.25, 0.3) is 0 Å². The van der Waals surface area contributed by atoms with Gasteiger partial charge in [0.2, 0.25) is 5.91 Å². The number of alkyl halides is 3. The highest BCUT2D eigenvalue weighted by Crippen LogP contribution is 2.52. The van der Waals surface area contributed by atoms with Crippen molar-refractivity contribution in [3.63, 3.8) is 0 Å². The first-order chi connectivity index (χ1) is 14.8. The zero-order valence-electron chi connectivity index (χ0n) is 16.8. The summed E-state index contributed by atoms with van der Waals surface area (Å²) >= 11 is 0. The predicted octanol–water partition coefficient (Wildman–Crippen LogP) is 4.21. The van der Waals surface area contributed by atoms with Crippen LogP contribution in [0.15, 0.2) is 46.9 Å². The van der Waals surface area contributed by atoms with Crippen LogP contribution in [0.3, 0.4) is 0 Å². The number of nitrogens with two attached hydrogens (primary N) is 1. The van der Waals surface area contributed by atoms with Crippen LogP contribution in [0.5, 0.6) is 0 Å². The Morgan fingerprint density at radius 1 is 1.10 bits per heavy atom. The number of hydrogen-bond donors (Lipinski definition) is 2. The van der Waals surface area contributed by atoms with Gasteiger partial charge in [-0.3, -0.25) is 4.79 Å². The molecule has 1 aliphatic heterocycles. The van der Waals surface area contributed by atoms with Gasteiger partial charge in [0.05, 0.1) is 24.1 Å². The van der Waals surface area contributed by atoms with Gasteiger partial charge in [-0.25, -0.2) is 9.97 Å². The van der Waals surface area contributed by atoms with Gasteiger partial charge in [0, 0.05) is 11.5 Å². The van der Waals surface area contributed by atoms with Crippen LogP contribution in [-0.2, 0) is 16.9 Å². The molecular weight excluding hydrogens is 409 g/mol. The number of hydrogen-bond acceptors (Lipinski definition) is 6. The fourth-order valence-corrected chi connectivity index (χ4v) is 3.87. The minimum atomic E-state index is -4.57. The summed E-state index contributed by atoms with van der Waals surface area (Å²) in [7, 11) is 0. The molecule has 0 saturated heterocycles. The largest absolute Gasteiger partial charge is 0.442 e. The number of nitrogens with one attached hydrogen (secondary N) is 1. The van der Waals surface area contributed by atoms with Crippen molar-refractivity contribution in [1.82, 2.24) is 9.97 Å². The number of amides is 1. The van der Waals surface area contributed by atoms with Gasteiger partial charge in [-0.05, 0) is 24.8 Å². The highest BCUT2D eigenvalue weighted by molar-refractivity contribution is 5.94. The SMILES string of the molecule is NC(Cc1ccc(C2(C(F)(F)F)N=N2)cc1)C(=O)Nc1cnc(C2CCCCC2)nc1. The molecule has 2 heterocycles. The van der Waals surface area contributed by atoms with Crippen molar-refractivity contribution in [1.29, 1.82) is 0 Å². The van der Waals surface area contributed by atoms with Crippen LogP contribution in [0.2, 0.25) is 0 Å². The fraction of sp³-hybridized carbons (Fsp3) is 0.476. The average Bonchev–Trinajstić information content (AvgIpc) is 3.58. The summed E-state index contributed by atoms with van der Waals surface area (Å²) in [5, 5.41) is 9.04. The number of carbonyl (C=O) groups excluding carboxylic acids is 1. The van der Waals surface area contributed by atoms with Crippen molar-refractivity contribution in [2.24, 2.45) is 16.0 Å². The molecule has 1 atom stereocenters. The van der Waals surface area contributed by atoms with Crippen LogP contribution >= 0.6 is 0 Å². The van der Waals surface area contributed by atoms with Crippen molar-refractivity contribution in [2.75, 3.05) is 5.32 Å². The van der Waals surface area contributed by atoms with E-state index in [2.05, 4.69) is 25.5 Å². The maximum atomic E-state index is 13.1. The van der Waals surface area contributed by atoms with Gasteiger partial charge in [-0.2, -0.15) is 13.2 Å². The lowest BCUT2D eigenvalue weighted by Crippen LogP contribution is -2.37. The van der Waals surface area contributed by atoms with Crippen molar-refractivity contribution in [3.05, 3.63) is 53.6 Å². The second-order valence-electron chi connectivity index (χ2n) is 8.03. The number of nitrogens with zero attached hydrogens (tertiary/aromatic N) is 4. The number of aromatic nitrogens is 2. The van der Waals surface area contributed by atoms with Crippen molar-refractivity contribution < 1.29 is 18.0 Å². The number of benzene rings is 1. The lowest BCUT2D eigenvalue weighted by atomic mass is 9.89. The molecule has 1 amide bonds. The summed E-state index contributed by atoms with van der Waals surface area (Å²) in [6.45, 7) is 0. The maximum absolute atomic E-state index is 13.1. The maximum Gasteiger partial charge on any atom is 0.442 e. The van der Waals surface area contributed by atoms with E-state index in [-0.39, 0.29) is 12.0 Å². The molecule has 3 N–H and O–H groups in total. The molecule has 0 spiro atoms. The summed E-state index contributed by atoms with van der Waals surface area (Å²) in [4.78, 5) is 21.2. The molecule has 164 valence electrons. The predicted molar refractivity (Wildman–Crippen MR) is 107 cm³/mol. The molecule has 0 bridgehead atoms. The first-order valence-electron chi connectivity index (χ1n) is 10.3. The molecule has 1 unspecified atom stereocenters. The first-order valence-corrected chi connectivity index (χ1v) is 10.3. The van der Waals surface area contributed by atoms with Crippen molar-refractivity contribution in [2.45, 2.75) is 62.3 Å². The third kappa shape index (κ3) is 4.58. The minimum Gasteiger partial charge on any atom is -0.322 e. The van der Waals surface area contributed by atoms with Gasteiger partial charge < -0.3 is 11.1 Å². The third-order valence-electron chi connectivity index (χ3n) is 5.75. The fourth-order valence-electron chi connectivity index (χ4n) is 3.87. The second-order valence-corrected chi connectivity index (χ2v) is 8.03. The van der Waals surface area contributed by atoms with E-state index in [1.807, 2.05) is 0 Å². The highest BCUT2D eigenvalue weighted by Gasteiger charge is 2.65. The Labute approximate surface area is 177 Å². The average molecular weight is 432 g/mol. The lowest BCUT2D eigenvalue weighted by molar-refractivity contribution is -0.166. The van der Waals surface area contributed by atoms with Crippen molar-refractivity contribution >= 4 is 11.6 Å². The Bertz CT molecular complexity index is 947. The molecule has 1 aliphatic carbocycles. The topological polar surface area (TPSA) is 106 Å². The standard InChI is InChI=1S/C21H23F3N6O/c22-21(23,24)20(29-30-20)15-8-6-13(7-9-15)10-17(25)19(31)28-16-11-26-18(27-12-16)14-4-2-1-3-5-14/h6-9,11-12,14,17H,1-5,10,25H2,(H,28,31).